The van der Waals surface area contributed by atoms with Crippen molar-refractivity contribution in [1.82, 2.24) is 15.1 Å². The normalized spacial score (nSPS) is 19.7. The summed E-state index contributed by atoms with van der Waals surface area (Å²) in [6.07, 6.45) is 7.35. The minimum absolute atomic E-state index is 0.211. The summed E-state index contributed by atoms with van der Waals surface area (Å²) in [7, 11) is 0. The number of anilines is 2. The van der Waals surface area contributed by atoms with E-state index in [0.717, 1.165) is 78.5 Å². The maximum atomic E-state index is 12.3. The van der Waals surface area contributed by atoms with Crippen molar-refractivity contribution >= 4 is 28.3 Å². The highest BCUT2D eigenvalue weighted by Gasteiger charge is 2.32. The van der Waals surface area contributed by atoms with Crippen LogP contribution >= 0.6 is 0 Å². The molecule has 0 atom stereocenters. The van der Waals surface area contributed by atoms with E-state index in [1.807, 2.05) is 18.2 Å². The van der Waals surface area contributed by atoms with Crippen LogP contribution in [0.3, 0.4) is 0 Å². The van der Waals surface area contributed by atoms with Crippen LogP contribution in [0.2, 0.25) is 0 Å². The molecule has 1 saturated heterocycles. The summed E-state index contributed by atoms with van der Waals surface area (Å²) in [5.74, 6) is 0.824. The number of rotatable bonds is 6. The Morgan fingerprint density at radius 2 is 1.76 bits per heavy atom. The second-order valence-corrected chi connectivity index (χ2v) is 9.88. The van der Waals surface area contributed by atoms with Crippen LogP contribution in [0.15, 0.2) is 30.3 Å². The van der Waals surface area contributed by atoms with Gasteiger partial charge < -0.3 is 21.1 Å². The molecule has 3 aliphatic rings. The molecule has 1 aromatic heterocycles. The van der Waals surface area contributed by atoms with Crippen LogP contribution in [0.1, 0.15) is 48.9 Å². The number of H-pyrrole nitrogens is 1. The minimum atomic E-state index is -0.395. The Morgan fingerprint density at radius 3 is 2.47 bits per heavy atom. The van der Waals surface area contributed by atoms with Crippen molar-refractivity contribution in [3.8, 4) is 16.9 Å². The molecular weight excluding hydrogens is 428 g/mol. The van der Waals surface area contributed by atoms with E-state index in [1.54, 1.807) is 0 Å². The number of nitrogens with one attached hydrogen (secondary N) is 1. The van der Waals surface area contributed by atoms with Crippen LogP contribution in [0.5, 0.6) is 5.75 Å². The van der Waals surface area contributed by atoms with Gasteiger partial charge in [0.1, 0.15) is 5.75 Å². The first-order valence-electron chi connectivity index (χ1n) is 12.4. The van der Waals surface area contributed by atoms with E-state index in [4.69, 9.17) is 16.2 Å². The third-order valence-electron chi connectivity index (χ3n) is 7.57. The van der Waals surface area contributed by atoms with Crippen molar-refractivity contribution in [2.24, 2.45) is 5.73 Å². The van der Waals surface area contributed by atoms with E-state index in [9.17, 15) is 4.79 Å². The molecule has 0 unspecified atom stereocenters. The zero-order chi connectivity index (χ0) is 23.2. The van der Waals surface area contributed by atoms with Crippen molar-refractivity contribution in [2.75, 3.05) is 36.8 Å². The molecule has 34 heavy (non-hydrogen) atoms. The molecule has 2 saturated carbocycles. The van der Waals surface area contributed by atoms with Crippen molar-refractivity contribution < 1.29 is 9.53 Å². The zero-order valence-corrected chi connectivity index (χ0v) is 19.4. The Kier molecular flexibility index (Phi) is 5.32. The smallest absolute Gasteiger partial charge is 0.250 e. The molecule has 2 aliphatic carbocycles. The number of carbonyl (C=O) groups excluding carboxylic acids is 1. The fraction of sp³-hybridized carbons (Fsp3) is 0.462. The van der Waals surface area contributed by atoms with Crippen LogP contribution in [0.25, 0.3) is 22.0 Å². The van der Waals surface area contributed by atoms with E-state index < -0.39 is 5.91 Å². The van der Waals surface area contributed by atoms with Gasteiger partial charge in [-0.05, 0) is 73.9 Å². The molecule has 8 nitrogen and oxygen atoms in total. The molecule has 5 N–H and O–H groups in total. The SMILES string of the molecule is NC(=O)c1ccc(-c2cc(OC3CCCC3)c3c(N)n[nH]c3c2)cc1N1CCN(C2CC2)CC1. The molecule has 8 heteroatoms. The minimum Gasteiger partial charge on any atom is -0.490 e. The zero-order valence-electron chi connectivity index (χ0n) is 19.4. The number of benzene rings is 2. The van der Waals surface area contributed by atoms with Crippen molar-refractivity contribution in [1.29, 1.82) is 0 Å². The number of hydrogen-bond donors (Lipinski definition) is 3. The summed E-state index contributed by atoms with van der Waals surface area (Å²) in [5, 5.41) is 8.10. The molecule has 0 radical (unpaired) electrons. The van der Waals surface area contributed by atoms with Gasteiger partial charge in [-0.1, -0.05) is 6.07 Å². The Balaban J connectivity index is 1.36. The molecule has 0 bridgehead atoms. The fourth-order valence-electron chi connectivity index (χ4n) is 5.54. The first kappa shape index (κ1) is 21.3. The van der Waals surface area contributed by atoms with Gasteiger partial charge >= 0.3 is 0 Å². The molecule has 1 aliphatic heterocycles. The highest BCUT2D eigenvalue weighted by molar-refractivity contribution is 6.01. The fourth-order valence-corrected chi connectivity index (χ4v) is 5.54. The summed E-state index contributed by atoms with van der Waals surface area (Å²) in [4.78, 5) is 17.1. The van der Waals surface area contributed by atoms with Crippen LogP contribution in [-0.4, -0.2) is 59.3 Å². The topological polar surface area (TPSA) is 114 Å². The molecule has 2 aromatic carbocycles. The molecule has 2 heterocycles. The van der Waals surface area contributed by atoms with Gasteiger partial charge in [-0.25, -0.2) is 0 Å². The first-order chi connectivity index (χ1) is 16.6. The van der Waals surface area contributed by atoms with E-state index in [2.05, 4.69) is 32.1 Å². The van der Waals surface area contributed by atoms with Crippen molar-refractivity contribution in [3.05, 3.63) is 35.9 Å². The summed E-state index contributed by atoms with van der Waals surface area (Å²) in [5.41, 5.74) is 16.3. The third-order valence-corrected chi connectivity index (χ3v) is 7.57. The second-order valence-electron chi connectivity index (χ2n) is 9.88. The largest absolute Gasteiger partial charge is 0.490 e. The lowest BCUT2D eigenvalue weighted by Crippen LogP contribution is -2.47. The number of fused-ring (bicyclic) bond motifs is 1. The van der Waals surface area contributed by atoms with Crippen LogP contribution in [-0.2, 0) is 0 Å². The van der Waals surface area contributed by atoms with Gasteiger partial charge in [0.2, 0.25) is 0 Å². The van der Waals surface area contributed by atoms with Crippen molar-refractivity contribution in [2.45, 2.75) is 50.7 Å². The summed E-state index contributed by atoms with van der Waals surface area (Å²) in [6.45, 7) is 3.83. The van der Waals surface area contributed by atoms with Gasteiger partial charge in [-0.15, -0.1) is 0 Å². The van der Waals surface area contributed by atoms with E-state index in [1.165, 1.54) is 25.7 Å². The number of nitrogens with zero attached hydrogens (tertiary/aromatic N) is 3. The van der Waals surface area contributed by atoms with Gasteiger partial charge in [0.25, 0.3) is 5.91 Å². The molecule has 3 aromatic rings. The Hall–Kier alpha value is -3.26. The highest BCUT2D eigenvalue weighted by Crippen LogP contribution is 2.38. The molecule has 6 rings (SSSR count). The number of piperazine rings is 1. The lowest BCUT2D eigenvalue weighted by Gasteiger charge is -2.37. The second kappa shape index (κ2) is 8.51. The van der Waals surface area contributed by atoms with Gasteiger partial charge in [0, 0.05) is 32.2 Å². The molecule has 178 valence electrons. The summed E-state index contributed by atoms with van der Waals surface area (Å²) in [6, 6.07) is 10.8. The number of hydrogen-bond acceptors (Lipinski definition) is 6. The van der Waals surface area contributed by atoms with E-state index in [0.29, 0.717) is 11.4 Å². The van der Waals surface area contributed by atoms with Crippen LogP contribution < -0.4 is 21.1 Å². The number of primary amides is 1. The van der Waals surface area contributed by atoms with Gasteiger partial charge in [0.05, 0.1) is 28.3 Å². The molecule has 0 spiro atoms. The third kappa shape index (κ3) is 3.96. The molecule has 1 amide bonds. The van der Waals surface area contributed by atoms with Crippen molar-refractivity contribution in [3.63, 3.8) is 0 Å². The summed E-state index contributed by atoms with van der Waals surface area (Å²) < 4.78 is 6.41. The first-order valence-corrected chi connectivity index (χ1v) is 12.4. The average molecular weight is 461 g/mol. The predicted octanol–water partition coefficient (Wildman–Crippen LogP) is 3.52. The number of nitrogens with two attached hydrogens (primary N) is 2. The number of aromatic amines is 1. The number of aromatic nitrogens is 2. The number of nitrogen functional groups attached to an aromatic ring is 1. The van der Waals surface area contributed by atoms with Gasteiger partial charge in [-0.3, -0.25) is 14.8 Å². The van der Waals surface area contributed by atoms with E-state index in [-0.39, 0.29) is 6.10 Å². The van der Waals surface area contributed by atoms with Gasteiger partial charge in [0.15, 0.2) is 5.82 Å². The Morgan fingerprint density at radius 1 is 1.00 bits per heavy atom. The number of carbonyl (C=O) groups is 1. The van der Waals surface area contributed by atoms with Gasteiger partial charge in [-0.2, -0.15) is 5.10 Å². The lowest BCUT2D eigenvalue weighted by molar-refractivity contribution is 0.100. The highest BCUT2D eigenvalue weighted by atomic mass is 16.5. The van der Waals surface area contributed by atoms with Crippen LogP contribution in [0, 0.1) is 0 Å². The standard InChI is InChI=1S/C26H32N6O2/c27-25-24-21(29-30-25)13-17(15-23(24)34-19-3-1-2-4-19)16-5-8-20(26(28)33)22(14-16)32-11-9-31(10-12-32)18-6-7-18/h5,8,13-15,18-19H,1-4,6-7,9-12H2,(H2,28,33)(H3,27,29,30). The number of amides is 1. The molecule has 3 fully saturated rings. The predicted molar refractivity (Wildman–Crippen MR) is 134 cm³/mol. The summed E-state index contributed by atoms with van der Waals surface area (Å²) >= 11 is 0. The Labute approximate surface area is 199 Å². The average Bonchev–Trinajstić information content (AvgIpc) is 3.45. The lowest BCUT2D eigenvalue weighted by atomic mass is 9.99. The van der Waals surface area contributed by atoms with E-state index >= 15 is 0 Å². The molecular formula is C26H32N6O2. The quantitative estimate of drug-likeness (QED) is 0.519. The monoisotopic (exact) mass is 460 g/mol. The van der Waals surface area contributed by atoms with Crippen LogP contribution in [0.4, 0.5) is 11.5 Å². The number of ether oxygens (including phenoxy) is 1. The maximum Gasteiger partial charge on any atom is 0.250 e. The Bertz CT molecular complexity index is 1220. The maximum absolute atomic E-state index is 12.3.